The number of hydrogen-bond donors (Lipinski definition) is 10. The van der Waals surface area contributed by atoms with Crippen LogP contribution in [0.4, 0.5) is 0 Å². The molecule has 0 amide bonds. The van der Waals surface area contributed by atoms with Crippen LogP contribution in [0.5, 0.6) is 0 Å². The van der Waals surface area contributed by atoms with E-state index >= 15 is 0 Å². The van der Waals surface area contributed by atoms with E-state index in [2.05, 4.69) is 20.8 Å². The molecule has 5 aromatic rings. The van der Waals surface area contributed by atoms with E-state index in [0.717, 1.165) is 89.9 Å². The quantitative estimate of drug-likeness (QED) is 0.00568. The molecule has 0 aliphatic carbocycles. The predicted molar refractivity (Wildman–Crippen MR) is 505 cm³/mol. The molecule has 5 fully saturated rings. The Morgan fingerprint density at radius 1 is 0.237 bits per heavy atom. The first-order valence-corrected chi connectivity index (χ1v) is 49.6. The minimum Gasteiger partial charge on any atom is -0.463 e. The van der Waals surface area contributed by atoms with E-state index in [0.29, 0.717) is 59.9 Å². The van der Waals surface area contributed by atoms with E-state index in [4.69, 9.17) is 47.4 Å². The van der Waals surface area contributed by atoms with Crippen molar-refractivity contribution in [2.45, 2.75) is 411 Å². The molecule has 776 valence electrons. The van der Waals surface area contributed by atoms with E-state index in [1.807, 2.05) is 13.8 Å². The van der Waals surface area contributed by atoms with Crippen LogP contribution < -0.4 is 22.8 Å². The number of ketones is 5. The zero-order valence-corrected chi connectivity index (χ0v) is 82.3. The van der Waals surface area contributed by atoms with Gasteiger partial charge < -0.3 is 98.4 Å². The number of carbonyl (C=O) groups excluding carboxylic acids is 10. The first kappa shape index (κ1) is 120. The smallest absolute Gasteiger partial charge is 0.305 e. The van der Waals surface area contributed by atoms with Crippen molar-refractivity contribution in [2.24, 2.45) is 0 Å². The molecule has 5 aliphatic heterocycles. The fraction of sp³-hybridized carbons (Fsp3) is 0.663. The number of unbranched alkanes of at least 4 members (excludes halogenated alkanes) is 23. The first-order valence-electron chi connectivity index (χ1n) is 49.6. The van der Waals surface area contributed by atoms with Crippen molar-refractivity contribution < 1.29 is 169 Å². The average Bonchev–Trinajstić information content (AvgIpc) is 1.69. The number of ether oxygens (including phenoxy) is 10. The summed E-state index contributed by atoms with van der Waals surface area (Å²) in [6.07, 6.45) is 28.3. The Morgan fingerprint density at radius 2 is 0.388 bits per heavy atom. The summed E-state index contributed by atoms with van der Waals surface area (Å²) in [5.74, 6) is -2.20. The van der Waals surface area contributed by atoms with Crippen LogP contribution in [-0.2, 0) is 71.3 Å². The number of nitrogens with zero attached hydrogens (tertiary/aromatic N) is 5. The molecule has 10 heterocycles. The molecule has 5 saturated heterocycles. The van der Waals surface area contributed by atoms with Gasteiger partial charge in [0.05, 0.1) is 27.8 Å². The topological polar surface area (TPSA) is 485 Å². The Kier molecular flexibility index (Phi) is 57.0. The fourth-order valence-electron chi connectivity index (χ4n) is 16.0. The van der Waals surface area contributed by atoms with Crippen LogP contribution in [-0.4, -0.2) is 234 Å². The maximum absolute atomic E-state index is 12.0. The van der Waals surface area contributed by atoms with E-state index in [1.165, 1.54) is 134 Å². The van der Waals surface area contributed by atoms with Gasteiger partial charge in [-0.05, 0) is 97.1 Å². The maximum atomic E-state index is 12.0. The molecule has 0 spiro atoms. The van der Waals surface area contributed by atoms with Gasteiger partial charge in [0.2, 0.25) is 0 Å². The predicted octanol–water partition coefficient (Wildman–Crippen LogP) is 10.3. The zero-order chi connectivity index (χ0) is 101. The second-order valence-electron chi connectivity index (χ2n) is 36.0. The van der Waals surface area contributed by atoms with Crippen molar-refractivity contribution >= 4 is 58.8 Å². The third-order valence-corrected chi connectivity index (χ3v) is 24.5. The molecule has 35 nitrogen and oxygen atoms in total. The van der Waals surface area contributed by atoms with Crippen molar-refractivity contribution in [3.05, 3.63) is 150 Å². The summed E-state index contributed by atoms with van der Waals surface area (Å²) in [4.78, 5) is 117. The highest BCUT2D eigenvalue weighted by molar-refractivity contribution is 5.95. The molecule has 10 rings (SSSR count). The summed E-state index contributed by atoms with van der Waals surface area (Å²) in [7, 11) is 0. The van der Waals surface area contributed by atoms with E-state index in [1.54, 1.807) is 136 Å². The molecule has 0 radical (unpaired) electrons. The van der Waals surface area contributed by atoms with Gasteiger partial charge in [-0.15, -0.1) is 0 Å². The van der Waals surface area contributed by atoms with Gasteiger partial charge in [0.15, 0.2) is 121 Å². The molecular formula is C104H160N5O30+5. The second-order valence-corrected chi connectivity index (χ2v) is 36.0. The minimum atomic E-state index is -1.19. The third-order valence-electron chi connectivity index (χ3n) is 24.5. The Bertz CT molecular complexity index is 4500. The number of carbonyl (C=O) groups is 10. The van der Waals surface area contributed by atoms with Crippen LogP contribution in [0.3, 0.4) is 0 Å². The van der Waals surface area contributed by atoms with Gasteiger partial charge in [-0.3, -0.25) is 47.9 Å². The molecule has 20 atom stereocenters. The van der Waals surface area contributed by atoms with Crippen molar-refractivity contribution in [2.75, 3.05) is 33.0 Å². The van der Waals surface area contributed by atoms with Gasteiger partial charge in [-0.25, -0.2) is 0 Å². The second kappa shape index (κ2) is 65.8. The summed E-state index contributed by atoms with van der Waals surface area (Å²) < 4.78 is 62.1. The molecule has 0 saturated carbocycles. The van der Waals surface area contributed by atoms with Crippen molar-refractivity contribution in [1.29, 1.82) is 0 Å². The highest BCUT2D eigenvalue weighted by Gasteiger charge is 2.54. The van der Waals surface area contributed by atoms with Crippen molar-refractivity contribution in [1.82, 2.24) is 0 Å². The molecule has 10 N–H and O–H groups in total. The van der Waals surface area contributed by atoms with Gasteiger partial charge in [0.1, 0.15) is 94.1 Å². The lowest BCUT2D eigenvalue weighted by Gasteiger charge is -2.13. The van der Waals surface area contributed by atoms with Crippen LogP contribution in [0.1, 0.15) is 371 Å². The Hall–Kier alpha value is -9.15. The lowest BCUT2D eigenvalue weighted by molar-refractivity contribution is -0.766. The Balaban J connectivity index is 0.000000307. The monoisotopic (exact) mass is 1960 g/mol. The van der Waals surface area contributed by atoms with Gasteiger partial charge in [0.25, 0.3) is 31.1 Å². The number of aliphatic hydroxyl groups is 10. The molecule has 0 aromatic carbocycles. The largest absolute Gasteiger partial charge is 0.463 e. The summed E-state index contributed by atoms with van der Waals surface area (Å²) in [6, 6.07) is 16.7. The zero-order valence-electron chi connectivity index (χ0n) is 82.3. The van der Waals surface area contributed by atoms with Crippen molar-refractivity contribution in [3.8, 4) is 0 Å². The fourth-order valence-corrected chi connectivity index (χ4v) is 16.0. The number of esters is 5. The third kappa shape index (κ3) is 41.4. The standard InChI is InChI=1S/C24H38NO6.C23H36NO6.C21H32NO6.C18H26NO6.C17H24NO6.CH4/c1-3-4-5-6-7-8-9-10-11-14-21(27)30-17-20-22(28)23(29)24(31-20)25-15-12-13-19(16-25)18(2)26;1-3-4-5-6-7-8-9-10-13-20(26)29-16-19-21(27)22(28)23(30-19)24-14-11-12-18(15-24)17(2)25;1-3-4-5-6-7-8-11-18(24)27-14-17-19(25)20(26)21(28-17)22-12-9-10-16(13-22)15(2)23;1-3-4-5-8-15(21)24-11-14-16(22)17(23)18(25-14)19-9-6-7-13(10-19)12(2)20;1-3-4-7-14(20)23-10-13-15(21)16(22)17(24-13)18-8-5-6-12(9-18)11(2)19;/h12-13,15-16,20,22-24,28-29H,3-11,14,17H2,1-2H3;11-12,14-15,19,21-23,27-28H,3-10,13,16H2,1-2H3;9-10,12-13,17,19-21,25-26H,3-8,11,14H2,1-2H3;6-7,9-10,14,16-18,22-23H,3-5,8,11H2,1-2H3;5-6,8-9,13,15-17,21-22H,3-4,7,10H2,1-2H3;1H4/q5*+1;/t20-,22-,23-,24-;19-,21-,22-,23-;17-,19-,20-,21-;14-,16-,17-,18-;13-,15-,16-,17-;/m11111./s1. The molecule has 5 aliphatic rings. The molecule has 5 aromatic heterocycles. The van der Waals surface area contributed by atoms with Crippen LogP contribution in [0.25, 0.3) is 0 Å². The van der Waals surface area contributed by atoms with Crippen LogP contribution >= 0.6 is 0 Å². The first-order chi connectivity index (χ1) is 66.2. The van der Waals surface area contributed by atoms with Crippen LogP contribution in [0.2, 0.25) is 0 Å². The average molecular weight is 1960 g/mol. The number of Topliss-reactive ketones (excluding diaryl/α,β-unsaturated/α-hetero) is 5. The van der Waals surface area contributed by atoms with Gasteiger partial charge >= 0.3 is 29.8 Å². The van der Waals surface area contributed by atoms with Crippen LogP contribution in [0.15, 0.2) is 123 Å². The molecule has 35 heteroatoms. The number of aliphatic hydroxyl groups excluding tert-OH is 10. The molecular weight excluding hydrogens is 1800 g/mol. The Morgan fingerprint density at radius 3 is 0.561 bits per heavy atom. The summed E-state index contributed by atoms with van der Waals surface area (Å²) in [5, 5.41) is 102. The number of hydrogen-bond acceptors (Lipinski definition) is 30. The van der Waals surface area contributed by atoms with Crippen molar-refractivity contribution in [3.63, 3.8) is 0 Å². The number of rotatable bonds is 53. The van der Waals surface area contributed by atoms with E-state index < -0.39 is 123 Å². The summed E-state index contributed by atoms with van der Waals surface area (Å²) in [6.45, 7) is 17.3. The van der Waals surface area contributed by atoms with Gasteiger partial charge in [0, 0.05) is 62.4 Å². The number of pyridine rings is 5. The summed E-state index contributed by atoms with van der Waals surface area (Å²) >= 11 is 0. The highest BCUT2D eigenvalue weighted by atomic mass is 16.6. The summed E-state index contributed by atoms with van der Waals surface area (Å²) in [5.41, 5.74) is 2.36. The molecule has 0 bridgehead atoms. The lowest BCUT2D eigenvalue weighted by atomic mass is 10.1. The van der Waals surface area contributed by atoms with E-state index in [9.17, 15) is 99.0 Å². The minimum absolute atomic E-state index is 0. The number of aromatic nitrogens is 5. The van der Waals surface area contributed by atoms with E-state index in [-0.39, 0.29) is 99.2 Å². The molecule has 0 unspecified atom stereocenters. The normalized spacial score (nSPS) is 24.3. The lowest BCUT2D eigenvalue weighted by Crippen LogP contribution is -2.46. The maximum Gasteiger partial charge on any atom is 0.305 e. The van der Waals surface area contributed by atoms with Gasteiger partial charge in [-0.1, -0.05) is 190 Å². The van der Waals surface area contributed by atoms with Gasteiger partial charge in [-0.2, -0.15) is 22.8 Å². The SMILES string of the molecule is C.CCCCC(=O)OC[C@H]1O[C@@H]([n+]2cccc(C(C)=O)c2)[C@H](O)[C@@H]1O.CCCCCC(=O)OC[C@H]1O[C@@H]([n+]2cccc(C(C)=O)c2)[C@H](O)[C@@H]1O.CCCCCCCCC(=O)OC[C@H]1O[C@@H]([n+]2cccc(C(C)=O)c2)[C@H](O)[C@@H]1O.CCCCCCCCCCC(=O)OC[C@H]1O[C@@H]([n+]2cccc(C(C)=O)c2)[C@H](O)[C@@H]1O.CCCCCCCCCCCC(=O)OC[C@H]1O[C@@H]([n+]2cccc(C(C)=O)c2)[C@H](O)[C@@H]1O. The Labute approximate surface area is 818 Å². The highest BCUT2D eigenvalue weighted by Crippen LogP contribution is 2.32. The molecule has 139 heavy (non-hydrogen) atoms. The van der Waals surface area contributed by atoms with Crippen LogP contribution in [0, 0.1) is 0 Å².